The van der Waals surface area contributed by atoms with Crippen LogP contribution in [0.2, 0.25) is 0 Å². The van der Waals surface area contributed by atoms with Crippen LogP contribution in [0.25, 0.3) is 0 Å². The van der Waals surface area contributed by atoms with Crippen LogP contribution in [0, 0.1) is 0 Å². The smallest absolute Gasteiger partial charge is 0.239 e. The second kappa shape index (κ2) is 5.16. The van der Waals surface area contributed by atoms with Crippen LogP contribution < -0.4 is 25.6 Å². The van der Waals surface area contributed by atoms with Crippen molar-refractivity contribution in [2.45, 2.75) is 0 Å². The minimum absolute atomic E-state index is 0.428. The monoisotopic (exact) mass is 270 g/mol. The Morgan fingerprint density at radius 1 is 1.05 bits per heavy atom. The summed E-state index contributed by atoms with van der Waals surface area (Å²) < 4.78 is 10.4. The Bertz CT molecular complexity index is 741. The van der Waals surface area contributed by atoms with E-state index in [4.69, 9.17) is 9.47 Å². The quantitative estimate of drug-likeness (QED) is 0.901. The van der Waals surface area contributed by atoms with Gasteiger partial charge in [0.15, 0.2) is 5.49 Å². The first-order chi connectivity index (χ1) is 9.80. The fraction of sp³-hybridized carbons (Fsp3) is 0.214. The van der Waals surface area contributed by atoms with E-state index in [0.717, 1.165) is 22.5 Å². The van der Waals surface area contributed by atoms with Crippen molar-refractivity contribution in [3.8, 4) is 11.6 Å². The van der Waals surface area contributed by atoms with Crippen LogP contribution in [-0.4, -0.2) is 25.9 Å². The normalized spacial score (nSPS) is 12.1. The molecule has 0 spiro atoms. The Morgan fingerprint density at radius 3 is 2.55 bits per heavy atom. The van der Waals surface area contributed by atoms with Crippen molar-refractivity contribution in [3.05, 3.63) is 41.2 Å². The minimum Gasteiger partial charge on any atom is -0.497 e. The van der Waals surface area contributed by atoms with E-state index in [1.54, 1.807) is 14.2 Å². The Labute approximate surface area is 115 Å². The zero-order chi connectivity index (χ0) is 13.9. The number of methoxy groups -OCH3 is 2. The molecule has 0 radical (unpaired) electrons. The molecule has 1 aromatic carbocycles. The maximum Gasteiger partial charge on any atom is 0.239 e. The van der Waals surface area contributed by atoms with E-state index < -0.39 is 0 Å². The molecule has 3 rings (SSSR count). The Balaban J connectivity index is 1.96. The predicted molar refractivity (Wildman–Crippen MR) is 74.2 cm³/mol. The Morgan fingerprint density at radius 2 is 1.85 bits per heavy atom. The van der Waals surface area contributed by atoms with Gasteiger partial charge in [0.2, 0.25) is 5.88 Å². The number of ether oxygens (including phenoxy) is 2. The molecule has 0 bridgehead atoms. The van der Waals surface area contributed by atoms with Crippen molar-refractivity contribution in [1.82, 2.24) is 4.98 Å². The summed E-state index contributed by atoms with van der Waals surface area (Å²) in [6.45, 7) is 0.428. The molecule has 1 N–H and O–H groups in total. The van der Waals surface area contributed by atoms with E-state index in [-0.39, 0.29) is 0 Å². The summed E-state index contributed by atoms with van der Waals surface area (Å²) >= 11 is 0. The highest BCUT2D eigenvalue weighted by atomic mass is 16.5. The molecule has 0 atom stereocenters. The number of hydrogen-bond donors (Lipinski definition) is 1. The van der Waals surface area contributed by atoms with Gasteiger partial charge in [-0.25, -0.2) is 4.99 Å². The van der Waals surface area contributed by atoms with Crippen LogP contribution >= 0.6 is 0 Å². The van der Waals surface area contributed by atoms with Crippen molar-refractivity contribution < 1.29 is 9.47 Å². The number of aromatic nitrogens is 1. The molecule has 1 aliphatic heterocycles. The first-order valence-corrected chi connectivity index (χ1v) is 6.15. The topological polar surface area (TPSA) is 68.1 Å². The van der Waals surface area contributed by atoms with Crippen molar-refractivity contribution in [1.29, 1.82) is 0 Å². The number of nitrogens with one attached hydrogen (secondary N) is 1. The van der Waals surface area contributed by atoms with Gasteiger partial charge in [0.1, 0.15) is 23.5 Å². The summed E-state index contributed by atoms with van der Waals surface area (Å²) in [7, 11) is 3.22. The molecule has 2 heterocycles. The number of rotatable bonds is 4. The summed E-state index contributed by atoms with van der Waals surface area (Å²) in [6, 6.07) is 9.51. The second-order valence-corrected chi connectivity index (χ2v) is 4.20. The molecule has 1 aromatic heterocycles. The lowest BCUT2D eigenvalue weighted by atomic mass is 10.3. The SMILES string of the molecule is COc1ccc(Nc2cc3c(nc2OC)=NCN=3)cc1. The minimum atomic E-state index is 0.428. The van der Waals surface area contributed by atoms with E-state index in [1.807, 2.05) is 30.3 Å². The molecule has 0 saturated heterocycles. The van der Waals surface area contributed by atoms with Gasteiger partial charge in [-0.1, -0.05) is 0 Å². The maximum absolute atomic E-state index is 5.29. The standard InChI is InChI=1S/C14H14N4O2/c1-19-10-5-3-9(4-6-10)17-12-7-11-13(16-8-15-11)18-14(12)20-2/h3-7,17H,8H2,1-2H3. The molecule has 0 fully saturated rings. The van der Waals surface area contributed by atoms with Crippen LogP contribution in [-0.2, 0) is 0 Å². The molecule has 1 aliphatic rings. The number of benzene rings is 1. The summed E-state index contributed by atoms with van der Waals surface area (Å²) in [4.78, 5) is 12.8. The average Bonchev–Trinajstić information content (AvgIpc) is 2.94. The van der Waals surface area contributed by atoms with Gasteiger partial charge in [-0.3, -0.25) is 4.99 Å². The van der Waals surface area contributed by atoms with E-state index >= 15 is 0 Å². The van der Waals surface area contributed by atoms with Gasteiger partial charge < -0.3 is 14.8 Å². The predicted octanol–water partition coefficient (Wildman–Crippen LogP) is 1.05. The van der Waals surface area contributed by atoms with Crippen molar-refractivity contribution in [2.75, 3.05) is 26.2 Å². The van der Waals surface area contributed by atoms with Crippen molar-refractivity contribution >= 4 is 11.4 Å². The van der Waals surface area contributed by atoms with Gasteiger partial charge >= 0.3 is 0 Å². The molecule has 6 heteroatoms. The largest absolute Gasteiger partial charge is 0.497 e. The number of fused-ring (bicyclic) bond motifs is 1. The fourth-order valence-corrected chi connectivity index (χ4v) is 1.96. The van der Waals surface area contributed by atoms with Gasteiger partial charge in [-0.15, -0.1) is 0 Å². The highest BCUT2D eigenvalue weighted by Gasteiger charge is 2.09. The maximum atomic E-state index is 5.29. The molecule has 0 amide bonds. The second-order valence-electron chi connectivity index (χ2n) is 4.20. The highest BCUT2D eigenvalue weighted by molar-refractivity contribution is 5.64. The molecular formula is C14H14N4O2. The van der Waals surface area contributed by atoms with E-state index in [0.29, 0.717) is 18.0 Å². The first-order valence-electron chi connectivity index (χ1n) is 6.15. The van der Waals surface area contributed by atoms with Crippen LogP contribution in [0.4, 0.5) is 11.4 Å². The third-order valence-corrected chi connectivity index (χ3v) is 2.97. The van der Waals surface area contributed by atoms with E-state index in [9.17, 15) is 0 Å². The molecule has 0 saturated carbocycles. The van der Waals surface area contributed by atoms with Crippen LogP contribution in [0.3, 0.4) is 0 Å². The lowest BCUT2D eigenvalue weighted by Gasteiger charge is -2.10. The zero-order valence-corrected chi connectivity index (χ0v) is 11.3. The van der Waals surface area contributed by atoms with Gasteiger partial charge in [0, 0.05) is 5.69 Å². The van der Waals surface area contributed by atoms with E-state index in [2.05, 4.69) is 20.3 Å². The third-order valence-electron chi connectivity index (χ3n) is 2.97. The molecule has 102 valence electrons. The molecule has 20 heavy (non-hydrogen) atoms. The molecule has 6 nitrogen and oxygen atoms in total. The van der Waals surface area contributed by atoms with Gasteiger partial charge in [0.05, 0.1) is 14.2 Å². The molecular weight excluding hydrogens is 256 g/mol. The summed E-state index contributed by atoms with van der Waals surface area (Å²) in [5.74, 6) is 1.31. The molecule has 2 aromatic rings. The zero-order valence-electron chi connectivity index (χ0n) is 11.3. The highest BCUT2D eigenvalue weighted by Crippen LogP contribution is 2.24. The number of anilines is 2. The van der Waals surface area contributed by atoms with E-state index in [1.165, 1.54) is 0 Å². The van der Waals surface area contributed by atoms with Crippen LogP contribution in [0.5, 0.6) is 11.6 Å². The Hall–Kier alpha value is -2.63. The van der Waals surface area contributed by atoms with Crippen molar-refractivity contribution in [3.63, 3.8) is 0 Å². The summed E-state index contributed by atoms with van der Waals surface area (Å²) in [6.07, 6.45) is 0. The van der Waals surface area contributed by atoms with Gasteiger partial charge in [-0.05, 0) is 30.3 Å². The average molecular weight is 270 g/mol. The third kappa shape index (κ3) is 2.27. The van der Waals surface area contributed by atoms with Crippen LogP contribution in [0.15, 0.2) is 40.3 Å². The van der Waals surface area contributed by atoms with Crippen molar-refractivity contribution in [2.24, 2.45) is 9.98 Å². The molecule has 0 unspecified atom stereocenters. The number of pyridine rings is 1. The lowest BCUT2D eigenvalue weighted by molar-refractivity contribution is 0.398. The van der Waals surface area contributed by atoms with Gasteiger partial charge in [0.25, 0.3) is 0 Å². The summed E-state index contributed by atoms with van der Waals surface area (Å²) in [5, 5.41) is 4.04. The van der Waals surface area contributed by atoms with Crippen LogP contribution in [0.1, 0.15) is 0 Å². The Kier molecular flexibility index (Phi) is 3.20. The number of hydrogen-bond acceptors (Lipinski definition) is 6. The molecule has 0 aliphatic carbocycles. The number of nitrogens with zero attached hydrogens (tertiary/aromatic N) is 3. The first kappa shape index (κ1) is 12.4. The lowest BCUT2D eigenvalue weighted by Crippen LogP contribution is -2.26. The van der Waals surface area contributed by atoms with Gasteiger partial charge in [-0.2, -0.15) is 4.98 Å². The fourth-order valence-electron chi connectivity index (χ4n) is 1.96. The summed E-state index contributed by atoms with van der Waals surface area (Å²) in [5.41, 5.74) is 2.31.